The van der Waals surface area contributed by atoms with Crippen molar-refractivity contribution in [3.63, 3.8) is 0 Å². The Hall–Kier alpha value is -0.320. The van der Waals surface area contributed by atoms with Crippen LogP contribution in [0.2, 0.25) is 0 Å². The van der Waals surface area contributed by atoms with Gasteiger partial charge in [0.05, 0.1) is 36.7 Å². The van der Waals surface area contributed by atoms with Gasteiger partial charge in [-0.25, -0.2) is 0 Å². The van der Waals surface area contributed by atoms with Crippen LogP contribution < -0.4 is 22.5 Å². The van der Waals surface area contributed by atoms with Gasteiger partial charge >= 0.3 is 0 Å². The molecule has 5 atom stereocenters. The molecule has 0 aromatic rings. The molecule has 1 saturated carbocycles. The molecular weight excluding hydrogens is 334 g/mol. The highest BCUT2D eigenvalue weighted by Crippen LogP contribution is 2.34. The molecule has 0 aromatic heterocycles. The number of hydrogen-bond donors (Lipinski definition) is 4. The Bertz CT molecular complexity index is 400. The molecule has 8 nitrogen and oxygen atoms in total. The van der Waals surface area contributed by atoms with Crippen molar-refractivity contribution in [2.45, 2.75) is 81.9 Å². The molecule has 2 fully saturated rings. The fourth-order valence-electron chi connectivity index (χ4n) is 4.55. The summed E-state index contributed by atoms with van der Waals surface area (Å²) in [5.74, 6) is 0.456. The summed E-state index contributed by atoms with van der Waals surface area (Å²) in [6.07, 6.45) is 4.70. The normalized spacial score (nSPS) is 39.0. The first-order valence-corrected chi connectivity index (χ1v) is 9.83. The predicted octanol–water partition coefficient (Wildman–Crippen LogP) is -0.240. The van der Waals surface area contributed by atoms with Crippen LogP contribution >= 0.6 is 0 Å². The van der Waals surface area contributed by atoms with Crippen LogP contribution in [-0.4, -0.2) is 75.6 Å². The summed E-state index contributed by atoms with van der Waals surface area (Å²) in [4.78, 5) is 2.33. The van der Waals surface area contributed by atoms with E-state index in [1.807, 2.05) is 0 Å². The van der Waals surface area contributed by atoms with Gasteiger partial charge in [0.2, 0.25) is 0 Å². The lowest BCUT2D eigenvalue weighted by Gasteiger charge is -2.41. The summed E-state index contributed by atoms with van der Waals surface area (Å²) < 4.78 is 17.0. The van der Waals surface area contributed by atoms with Gasteiger partial charge < -0.3 is 31.4 Å². The zero-order chi connectivity index (χ0) is 19.3. The third-order valence-electron chi connectivity index (χ3n) is 6.02. The molecule has 2 rings (SSSR count). The number of nitrogens with two attached hydrogens (primary N) is 3. The molecule has 8 heteroatoms. The molecule has 0 spiro atoms. The van der Waals surface area contributed by atoms with Gasteiger partial charge in [0, 0.05) is 27.9 Å². The first-order valence-electron chi connectivity index (χ1n) is 9.83. The van der Waals surface area contributed by atoms with E-state index in [-0.39, 0.29) is 36.7 Å². The third-order valence-corrected chi connectivity index (χ3v) is 6.02. The maximum absolute atomic E-state index is 6.45. The second-order valence-corrected chi connectivity index (χ2v) is 7.69. The molecule has 0 bridgehead atoms. The topological polar surface area (TPSA) is 121 Å². The summed E-state index contributed by atoms with van der Waals surface area (Å²) in [5, 5.41) is 3.58. The minimum absolute atomic E-state index is 0.0264. The van der Waals surface area contributed by atoms with Gasteiger partial charge in [-0.3, -0.25) is 10.2 Å². The number of methoxy groups -OCH3 is 3. The van der Waals surface area contributed by atoms with Crippen molar-refractivity contribution in [1.82, 2.24) is 10.2 Å². The number of unbranched alkanes of at least 4 members (excludes halogenated alkanes) is 1. The number of rotatable bonds is 9. The molecule has 1 heterocycles. The van der Waals surface area contributed by atoms with Gasteiger partial charge in [0.25, 0.3) is 0 Å². The van der Waals surface area contributed by atoms with Gasteiger partial charge in [-0.2, -0.15) is 0 Å². The van der Waals surface area contributed by atoms with Crippen LogP contribution in [0, 0.1) is 5.92 Å². The predicted molar refractivity (Wildman–Crippen MR) is 102 cm³/mol. The molecular formula is C18H39N5O3. The van der Waals surface area contributed by atoms with Gasteiger partial charge in [-0.15, -0.1) is 0 Å². The molecule has 1 saturated heterocycles. The van der Waals surface area contributed by atoms with Gasteiger partial charge in [-0.1, -0.05) is 13.3 Å². The Labute approximate surface area is 158 Å². The average Bonchev–Trinajstić information content (AvgIpc) is 2.94. The maximum atomic E-state index is 6.45. The summed E-state index contributed by atoms with van der Waals surface area (Å²) in [6.45, 7) is 3.14. The molecule has 2 aliphatic rings. The molecule has 0 radical (unpaired) electrons. The van der Waals surface area contributed by atoms with Crippen LogP contribution in [-0.2, 0) is 14.2 Å². The zero-order valence-corrected chi connectivity index (χ0v) is 16.8. The lowest BCUT2D eigenvalue weighted by molar-refractivity contribution is -0.142. The van der Waals surface area contributed by atoms with Crippen molar-refractivity contribution >= 4 is 0 Å². The zero-order valence-electron chi connectivity index (χ0n) is 16.8. The van der Waals surface area contributed by atoms with Crippen molar-refractivity contribution in [2.24, 2.45) is 23.1 Å². The van der Waals surface area contributed by atoms with Crippen LogP contribution in [0.1, 0.15) is 39.0 Å². The van der Waals surface area contributed by atoms with Crippen LogP contribution in [0.3, 0.4) is 0 Å². The van der Waals surface area contributed by atoms with Crippen LogP contribution in [0.5, 0.6) is 0 Å². The second kappa shape index (κ2) is 10.3. The highest BCUT2D eigenvalue weighted by Gasteiger charge is 2.44. The van der Waals surface area contributed by atoms with Gasteiger partial charge in [0.1, 0.15) is 6.10 Å². The standard InChI is InChI=1S/C18H39N5O3/c1-5-6-7-23-14(22-15(17(19)20)18(23)21)10-11-8-12(24-2)16(26-4)13(9-11)25-3/h11-18,22H,5-10,19-21H2,1-4H3. The van der Waals surface area contributed by atoms with Crippen molar-refractivity contribution in [3.8, 4) is 0 Å². The Balaban J connectivity index is 2.06. The van der Waals surface area contributed by atoms with E-state index in [4.69, 9.17) is 31.4 Å². The van der Waals surface area contributed by atoms with Gasteiger partial charge in [-0.05, 0) is 31.6 Å². The van der Waals surface area contributed by atoms with Crippen LogP contribution in [0.15, 0.2) is 0 Å². The van der Waals surface area contributed by atoms with Crippen molar-refractivity contribution in [2.75, 3.05) is 27.9 Å². The fraction of sp³-hybridized carbons (Fsp3) is 1.00. The minimum atomic E-state index is -0.471. The molecule has 0 aromatic carbocycles. The second-order valence-electron chi connectivity index (χ2n) is 7.69. The minimum Gasteiger partial charge on any atom is -0.379 e. The van der Waals surface area contributed by atoms with E-state index in [2.05, 4.69) is 17.1 Å². The molecule has 1 aliphatic heterocycles. The Morgan fingerprint density at radius 1 is 1.08 bits per heavy atom. The van der Waals surface area contributed by atoms with Crippen molar-refractivity contribution in [3.05, 3.63) is 0 Å². The number of ether oxygens (including phenoxy) is 3. The van der Waals surface area contributed by atoms with E-state index in [0.717, 1.165) is 38.6 Å². The van der Waals surface area contributed by atoms with Crippen molar-refractivity contribution in [1.29, 1.82) is 0 Å². The molecule has 1 aliphatic carbocycles. The molecule has 26 heavy (non-hydrogen) atoms. The lowest BCUT2D eigenvalue weighted by Crippen LogP contribution is -2.56. The highest BCUT2D eigenvalue weighted by atomic mass is 16.6. The Morgan fingerprint density at radius 2 is 1.69 bits per heavy atom. The monoisotopic (exact) mass is 373 g/mol. The first-order chi connectivity index (χ1) is 12.5. The van der Waals surface area contributed by atoms with E-state index in [9.17, 15) is 0 Å². The summed E-state index contributed by atoms with van der Waals surface area (Å²) in [6, 6.07) is -0.0939. The van der Waals surface area contributed by atoms with Crippen LogP contribution in [0.4, 0.5) is 0 Å². The Kier molecular flexibility index (Phi) is 8.69. The number of hydrogen-bond acceptors (Lipinski definition) is 8. The quantitative estimate of drug-likeness (QED) is 0.409. The van der Waals surface area contributed by atoms with Crippen LogP contribution in [0.25, 0.3) is 0 Å². The maximum Gasteiger partial charge on any atom is 0.109 e. The van der Waals surface area contributed by atoms with E-state index in [1.54, 1.807) is 21.3 Å². The first kappa shape index (κ1) is 22.0. The van der Waals surface area contributed by atoms with Gasteiger partial charge in [0.15, 0.2) is 0 Å². The molecule has 5 unspecified atom stereocenters. The van der Waals surface area contributed by atoms with E-state index in [1.165, 1.54) is 0 Å². The lowest BCUT2D eigenvalue weighted by atomic mass is 9.80. The molecule has 0 amide bonds. The average molecular weight is 374 g/mol. The molecule has 154 valence electrons. The third kappa shape index (κ3) is 4.94. The highest BCUT2D eigenvalue weighted by molar-refractivity contribution is 4.98. The summed E-state index contributed by atoms with van der Waals surface area (Å²) >= 11 is 0. The SMILES string of the molecule is CCCCN1C(CC2CC(OC)C(OC)C(OC)C2)NC(C(N)N)C1N. The Morgan fingerprint density at radius 3 is 2.15 bits per heavy atom. The number of nitrogens with one attached hydrogen (secondary N) is 1. The summed E-state index contributed by atoms with van der Waals surface area (Å²) in [7, 11) is 5.21. The molecule has 7 N–H and O–H groups in total. The van der Waals surface area contributed by atoms with E-state index >= 15 is 0 Å². The number of nitrogens with zero attached hydrogens (tertiary/aromatic N) is 1. The largest absolute Gasteiger partial charge is 0.379 e. The smallest absolute Gasteiger partial charge is 0.109 e. The van der Waals surface area contributed by atoms with E-state index in [0.29, 0.717) is 5.92 Å². The fourth-order valence-corrected chi connectivity index (χ4v) is 4.55. The summed E-state index contributed by atoms with van der Waals surface area (Å²) in [5.41, 5.74) is 18.3. The van der Waals surface area contributed by atoms with E-state index < -0.39 is 6.17 Å². The van der Waals surface area contributed by atoms with Crippen molar-refractivity contribution < 1.29 is 14.2 Å².